The molecule has 0 saturated carbocycles. The maximum absolute atomic E-state index is 12.3. The number of para-hydroxylation sites is 2. The molecule has 1 aliphatic heterocycles. The highest BCUT2D eigenvalue weighted by molar-refractivity contribution is 5.92. The zero-order valence-corrected chi connectivity index (χ0v) is 15.1. The fraction of sp³-hybridized carbons (Fsp3) is 0.550. The molecule has 1 N–H and O–H groups in total. The number of benzene rings is 1. The van der Waals surface area contributed by atoms with Crippen molar-refractivity contribution < 1.29 is 9.53 Å². The maximum atomic E-state index is 12.3. The minimum atomic E-state index is 0.0617. The van der Waals surface area contributed by atoms with Crippen LogP contribution in [0.25, 0.3) is 0 Å². The van der Waals surface area contributed by atoms with Crippen LogP contribution in [0.3, 0.4) is 0 Å². The number of carbonyl (C=O) groups excluding carboxylic acids is 1. The van der Waals surface area contributed by atoms with Crippen molar-refractivity contribution in [3.05, 3.63) is 36.4 Å². The van der Waals surface area contributed by atoms with Crippen LogP contribution in [0, 0.1) is 5.92 Å². The van der Waals surface area contributed by atoms with Crippen molar-refractivity contribution in [3.8, 4) is 5.75 Å². The first-order chi connectivity index (χ1) is 12.2. The van der Waals surface area contributed by atoms with E-state index in [1.807, 2.05) is 24.3 Å². The fourth-order valence-electron chi connectivity index (χ4n) is 3.36. The summed E-state index contributed by atoms with van der Waals surface area (Å²) < 4.78 is 5.95. The van der Waals surface area contributed by atoms with Gasteiger partial charge in [0.1, 0.15) is 12.4 Å². The number of allylic oxidation sites excluding steroid dienone is 2. The number of rotatable bonds is 7. The monoisotopic (exact) mass is 343 g/mol. The van der Waals surface area contributed by atoms with Gasteiger partial charge in [-0.15, -0.1) is 0 Å². The minimum Gasteiger partial charge on any atom is -0.490 e. The Morgan fingerprint density at radius 3 is 2.80 bits per heavy atom. The molecule has 3 rings (SSSR count). The Kier molecular flexibility index (Phi) is 6.48. The smallest absolute Gasteiger partial charge is 0.225 e. The summed E-state index contributed by atoms with van der Waals surface area (Å²) in [6.45, 7) is 5.97. The molecule has 1 aromatic carbocycles. The van der Waals surface area contributed by atoms with Gasteiger partial charge in [0.15, 0.2) is 0 Å². The van der Waals surface area contributed by atoms with Gasteiger partial charge in [-0.05, 0) is 37.9 Å². The van der Waals surface area contributed by atoms with Crippen LogP contribution in [0.2, 0.25) is 0 Å². The van der Waals surface area contributed by atoms with Gasteiger partial charge in [-0.3, -0.25) is 9.69 Å². The van der Waals surface area contributed by atoms with Crippen LogP contribution in [-0.2, 0) is 4.79 Å². The number of nitrogens with zero attached hydrogens (tertiary/aromatic N) is 2. The molecule has 1 aromatic rings. The number of ether oxygens (including phenoxy) is 1. The number of amides is 1. The Morgan fingerprint density at radius 2 is 2.04 bits per heavy atom. The lowest BCUT2D eigenvalue weighted by atomic mass is 10.1. The average molecular weight is 343 g/mol. The van der Waals surface area contributed by atoms with Crippen LogP contribution in [0.4, 0.5) is 5.69 Å². The molecule has 1 amide bonds. The number of nitrogens with one attached hydrogen (secondary N) is 1. The van der Waals surface area contributed by atoms with E-state index in [1.165, 1.54) is 0 Å². The number of likely N-dealkylation sites (N-methyl/N-ethyl adjacent to an activating group) is 1. The molecule has 0 spiro atoms. The van der Waals surface area contributed by atoms with Crippen LogP contribution in [0.1, 0.15) is 19.3 Å². The maximum Gasteiger partial charge on any atom is 0.225 e. The van der Waals surface area contributed by atoms with Crippen LogP contribution < -0.4 is 10.1 Å². The van der Waals surface area contributed by atoms with E-state index < -0.39 is 0 Å². The number of anilines is 1. The first kappa shape index (κ1) is 18.0. The van der Waals surface area contributed by atoms with Gasteiger partial charge in [0.25, 0.3) is 0 Å². The first-order valence-corrected chi connectivity index (χ1v) is 9.30. The molecular weight excluding hydrogens is 314 g/mol. The van der Waals surface area contributed by atoms with Crippen molar-refractivity contribution in [2.45, 2.75) is 19.3 Å². The van der Waals surface area contributed by atoms with Crippen molar-refractivity contribution in [2.24, 2.45) is 5.92 Å². The molecule has 1 atom stereocenters. The van der Waals surface area contributed by atoms with Gasteiger partial charge in [0.2, 0.25) is 5.91 Å². The molecule has 0 aromatic heterocycles. The Bertz CT molecular complexity index is 594. The zero-order valence-electron chi connectivity index (χ0n) is 15.1. The topological polar surface area (TPSA) is 44.8 Å². The first-order valence-electron chi connectivity index (χ1n) is 9.30. The molecule has 5 heteroatoms. The van der Waals surface area contributed by atoms with E-state index in [-0.39, 0.29) is 5.91 Å². The molecule has 0 unspecified atom stereocenters. The summed E-state index contributed by atoms with van der Waals surface area (Å²) in [7, 11) is 2.16. The van der Waals surface area contributed by atoms with Crippen LogP contribution in [0.5, 0.6) is 5.75 Å². The van der Waals surface area contributed by atoms with Crippen LogP contribution in [-0.4, -0.2) is 62.1 Å². The van der Waals surface area contributed by atoms with E-state index in [9.17, 15) is 4.79 Å². The third-order valence-corrected chi connectivity index (χ3v) is 4.98. The van der Waals surface area contributed by atoms with Gasteiger partial charge in [0.05, 0.1) is 5.69 Å². The highest BCUT2D eigenvalue weighted by Crippen LogP contribution is 2.26. The predicted octanol–water partition coefficient (Wildman–Crippen LogP) is 2.61. The van der Waals surface area contributed by atoms with E-state index in [2.05, 4.69) is 34.3 Å². The third kappa shape index (κ3) is 5.58. The molecule has 1 aliphatic carbocycles. The lowest BCUT2D eigenvalue weighted by Gasteiger charge is -2.32. The zero-order chi connectivity index (χ0) is 17.5. The van der Waals surface area contributed by atoms with Gasteiger partial charge in [0, 0.05) is 39.1 Å². The predicted molar refractivity (Wildman–Crippen MR) is 101 cm³/mol. The molecule has 1 saturated heterocycles. The molecule has 2 aliphatic rings. The summed E-state index contributed by atoms with van der Waals surface area (Å²) in [5.74, 6) is 1.20. The van der Waals surface area contributed by atoms with Crippen molar-refractivity contribution in [2.75, 3.05) is 51.7 Å². The molecule has 0 radical (unpaired) electrons. The number of hydrogen-bond donors (Lipinski definition) is 1. The Balaban J connectivity index is 1.46. The summed E-state index contributed by atoms with van der Waals surface area (Å²) in [6, 6.07) is 7.71. The van der Waals surface area contributed by atoms with Gasteiger partial charge < -0.3 is 15.0 Å². The van der Waals surface area contributed by atoms with E-state index in [0.717, 1.165) is 57.0 Å². The highest BCUT2D eigenvalue weighted by Gasteiger charge is 2.16. The van der Waals surface area contributed by atoms with Gasteiger partial charge in [-0.25, -0.2) is 0 Å². The third-order valence-electron chi connectivity index (χ3n) is 4.98. The average Bonchev–Trinajstić information content (AvgIpc) is 3.11. The summed E-state index contributed by atoms with van der Waals surface area (Å²) in [5, 5.41) is 3.01. The molecule has 0 bridgehead atoms. The number of carbonyl (C=O) groups is 1. The van der Waals surface area contributed by atoms with Gasteiger partial charge >= 0.3 is 0 Å². The second-order valence-corrected chi connectivity index (χ2v) is 7.01. The summed E-state index contributed by atoms with van der Waals surface area (Å²) in [5.41, 5.74) is 0.771. The SMILES string of the molecule is CN1CCN(CCOc2ccccc2NC(=O)C[C@H]2C=CCC2)CC1. The summed E-state index contributed by atoms with van der Waals surface area (Å²) >= 11 is 0. The summed E-state index contributed by atoms with van der Waals surface area (Å²) in [6.07, 6.45) is 7.03. The molecular formula is C20H29N3O2. The normalized spacial score (nSPS) is 21.4. The Labute approximate surface area is 150 Å². The lowest BCUT2D eigenvalue weighted by Crippen LogP contribution is -2.45. The number of piperazine rings is 1. The summed E-state index contributed by atoms with van der Waals surface area (Å²) in [4.78, 5) is 17.0. The van der Waals surface area contributed by atoms with E-state index in [1.54, 1.807) is 0 Å². The van der Waals surface area contributed by atoms with E-state index >= 15 is 0 Å². The van der Waals surface area contributed by atoms with Gasteiger partial charge in [-0.1, -0.05) is 24.3 Å². The van der Waals surface area contributed by atoms with Crippen LogP contribution in [0.15, 0.2) is 36.4 Å². The van der Waals surface area contributed by atoms with E-state index in [0.29, 0.717) is 18.9 Å². The molecule has 136 valence electrons. The van der Waals surface area contributed by atoms with Gasteiger partial charge in [-0.2, -0.15) is 0 Å². The second kappa shape index (κ2) is 9.02. The quantitative estimate of drug-likeness (QED) is 0.773. The standard InChI is InChI=1S/C20H29N3O2/c1-22-10-12-23(13-11-22)14-15-25-19-9-5-4-8-18(19)21-20(24)16-17-6-2-3-7-17/h2,4-6,8-9,17H,3,7,10-16H2,1H3,(H,21,24)/t17-/m0/s1. The molecule has 25 heavy (non-hydrogen) atoms. The largest absolute Gasteiger partial charge is 0.490 e. The lowest BCUT2D eigenvalue weighted by molar-refractivity contribution is -0.116. The Hall–Kier alpha value is -1.85. The molecule has 1 fully saturated rings. The van der Waals surface area contributed by atoms with E-state index in [4.69, 9.17) is 4.74 Å². The van der Waals surface area contributed by atoms with Crippen molar-refractivity contribution in [1.29, 1.82) is 0 Å². The Morgan fingerprint density at radius 1 is 1.24 bits per heavy atom. The highest BCUT2D eigenvalue weighted by atomic mass is 16.5. The fourth-order valence-corrected chi connectivity index (χ4v) is 3.36. The van der Waals surface area contributed by atoms with Crippen molar-refractivity contribution >= 4 is 11.6 Å². The van der Waals surface area contributed by atoms with Crippen LogP contribution >= 0.6 is 0 Å². The minimum absolute atomic E-state index is 0.0617. The van der Waals surface area contributed by atoms with Crippen molar-refractivity contribution in [1.82, 2.24) is 9.80 Å². The van der Waals surface area contributed by atoms with Crippen molar-refractivity contribution in [3.63, 3.8) is 0 Å². The molecule has 1 heterocycles. The molecule has 5 nitrogen and oxygen atoms in total. The second-order valence-electron chi connectivity index (χ2n) is 7.01. The number of hydrogen-bond acceptors (Lipinski definition) is 4.